The fourth-order valence-electron chi connectivity index (χ4n) is 3.14. The van der Waals surface area contributed by atoms with Gasteiger partial charge in [-0.3, -0.25) is 9.48 Å². The number of nitrogens with zero attached hydrogens (tertiary/aromatic N) is 4. The van der Waals surface area contributed by atoms with Crippen molar-refractivity contribution in [3.8, 4) is 5.75 Å². The molecule has 7 heteroatoms. The number of likely N-dealkylation sites (tertiary alicyclic amines) is 1. The van der Waals surface area contributed by atoms with Crippen LogP contribution in [0.25, 0.3) is 0 Å². The highest BCUT2D eigenvalue weighted by Gasteiger charge is 2.27. The topological polar surface area (TPSA) is 60.2 Å². The zero-order valence-corrected chi connectivity index (χ0v) is 14.3. The van der Waals surface area contributed by atoms with E-state index in [1.54, 1.807) is 23.1 Å². The molecular formula is C18H23FN4O2. The number of halogens is 1. The summed E-state index contributed by atoms with van der Waals surface area (Å²) in [7, 11) is 0. The summed E-state index contributed by atoms with van der Waals surface area (Å²) in [6.45, 7) is 4.47. The van der Waals surface area contributed by atoms with Gasteiger partial charge in [0.1, 0.15) is 24.2 Å². The van der Waals surface area contributed by atoms with Crippen LogP contribution >= 0.6 is 0 Å². The van der Waals surface area contributed by atoms with Crippen LogP contribution in [-0.2, 0) is 11.3 Å². The summed E-state index contributed by atoms with van der Waals surface area (Å²) in [5, 5.41) is 4.06. The normalized spacial score (nSPS) is 18.8. The molecule has 25 heavy (non-hydrogen) atoms. The Morgan fingerprint density at radius 2 is 2.20 bits per heavy atom. The quantitative estimate of drug-likeness (QED) is 0.806. The van der Waals surface area contributed by atoms with Gasteiger partial charge in [0.15, 0.2) is 0 Å². The van der Waals surface area contributed by atoms with Crippen LogP contribution in [0.3, 0.4) is 0 Å². The van der Waals surface area contributed by atoms with Gasteiger partial charge in [-0.05, 0) is 37.1 Å². The number of carbonyl (C=O) groups is 1. The molecule has 0 radical (unpaired) electrons. The van der Waals surface area contributed by atoms with Crippen LogP contribution in [0.15, 0.2) is 36.9 Å². The Labute approximate surface area is 146 Å². The lowest BCUT2D eigenvalue weighted by Gasteiger charge is -2.34. The Kier molecular flexibility index (Phi) is 5.63. The van der Waals surface area contributed by atoms with Crippen LogP contribution in [0.1, 0.15) is 19.8 Å². The van der Waals surface area contributed by atoms with E-state index >= 15 is 0 Å². The van der Waals surface area contributed by atoms with Crippen molar-refractivity contribution in [3.05, 3.63) is 42.7 Å². The van der Waals surface area contributed by atoms with E-state index in [9.17, 15) is 9.18 Å². The highest BCUT2D eigenvalue weighted by Crippen LogP contribution is 2.21. The maximum atomic E-state index is 12.9. The monoisotopic (exact) mass is 346 g/mol. The van der Waals surface area contributed by atoms with Gasteiger partial charge in [-0.15, -0.1) is 0 Å². The van der Waals surface area contributed by atoms with Gasteiger partial charge in [0.2, 0.25) is 5.91 Å². The van der Waals surface area contributed by atoms with Crippen LogP contribution in [-0.4, -0.2) is 45.3 Å². The van der Waals surface area contributed by atoms with Gasteiger partial charge in [0.25, 0.3) is 0 Å². The number of amides is 1. The summed E-state index contributed by atoms with van der Waals surface area (Å²) in [6.07, 6.45) is 5.10. The summed E-state index contributed by atoms with van der Waals surface area (Å²) < 4.78 is 20.4. The Balaban J connectivity index is 1.49. The minimum Gasteiger partial charge on any atom is -0.493 e. The molecule has 3 rings (SSSR count). The third-order valence-electron chi connectivity index (χ3n) is 4.48. The minimum absolute atomic E-state index is 0.140. The van der Waals surface area contributed by atoms with Crippen molar-refractivity contribution in [2.24, 2.45) is 11.8 Å². The van der Waals surface area contributed by atoms with E-state index in [2.05, 4.69) is 10.1 Å². The van der Waals surface area contributed by atoms with Crippen LogP contribution in [0.4, 0.5) is 4.39 Å². The van der Waals surface area contributed by atoms with Gasteiger partial charge in [0.05, 0.1) is 19.1 Å². The third-order valence-corrected chi connectivity index (χ3v) is 4.48. The largest absolute Gasteiger partial charge is 0.493 e. The van der Waals surface area contributed by atoms with E-state index in [0.717, 1.165) is 19.4 Å². The molecule has 2 aromatic rings. The zero-order chi connectivity index (χ0) is 17.6. The zero-order valence-electron chi connectivity index (χ0n) is 14.3. The molecule has 0 saturated carbocycles. The predicted molar refractivity (Wildman–Crippen MR) is 90.4 cm³/mol. The number of ether oxygens (including phenoxy) is 1. The molecule has 1 saturated heterocycles. The van der Waals surface area contributed by atoms with E-state index in [1.165, 1.54) is 18.5 Å². The number of benzene rings is 1. The number of rotatable bonds is 6. The molecule has 134 valence electrons. The maximum Gasteiger partial charge on any atom is 0.227 e. The Bertz CT molecular complexity index is 675. The molecule has 1 aromatic carbocycles. The average molecular weight is 346 g/mol. The third kappa shape index (κ3) is 4.78. The number of hydrogen-bond acceptors (Lipinski definition) is 4. The molecule has 0 bridgehead atoms. The van der Waals surface area contributed by atoms with Gasteiger partial charge >= 0.3 is 0 Å². The van der Waals surface area contributed by atoms with Crippen molar-refractivity contribution in [2.75, 3.05) is 19.7 Å². The Morgan fingerprint density at radius 1 is 1.40 bits per heavy atom. The van der Waals surface area contributed by atoms with Gasteiger partial charge in [-0.1, -0.05) is 6.92 Å². The van der Waals surface area contributed by atoms with Gasteiger partial charge in [-0.2, -0.15) is 5.10 Å². The predicted octanol–water partition coefficient (Wildman–Crippen LogP) is 2.37. The SMILES string of the molecule is CC(Cn1cncn1)C(=O)N1CCCC(COc2ccc(F)cc2)C1. The van der Waals surface area contributed by atoms with Crippen molar-refractivity contribution < 1.29 is 13.9 Å². The summed E-state index contributed by atoms with van der Waals surface area (Å²) in [4.78, 5) is 18.5. The number of piperidine rings is 1. The van der Waals surface area contributed by atoms with Gasteiger partial charge in [0, 0.05) is 19.0 Å². The highest BCUT2D eigenvalue weighted by molar-refractivity contribution is 5.78. The molecule has 1 aromatic heterocycles. The molecule has 2 atom stereocenters. The number of hydrogen-bond donors (Lipinski definition) is 0. The molecule has 0 N–H and O–H groups in total. The maximum absolute atomic E-state index is 12.9. The molecule has 2 unspecified atom stereocenters. The highest BCUT2D eigenvalue weighted by atomic mass is 19.1. The molecule has 1 fully saturated rings. The first-order valence-corrected chi connectivity index (χ1v) is 8.61. The first-order chi connectivity index (χ1) is 12.1. The second kappa shape index (κ2) is 8.09. The first kappa shape index (κ1) is 17.4. The molecular weight excluding hydrogens is 323 g/mol. The van der Waals surface area contributed by atoms with Crippen molar-refractivity contribution in [1.82, 2.24) is 19.7 Å². The van der Waals surface area contributed by atoms with Crippen molar-refractivity contribution >= 4 is 5.91 Å². The second-order valence-corrected chi connectivity index (χ2v) is 6.58. The van der Waals surface area contributed by atoms with E-state index < -0.39 is 0 Å². The lowest BCUT2D eigenvalue weighted by Crippen LogP contribution is -2.44. The summed E-state index contributed by atoms with van der Waals surface area (Å²) in [5.74, 6) is 0.675. The van der Waals surface area contributed by atoms with Crippen LogP contribution < -0.4 is 4.74 Å². The fourth-order valence-corrected chi connectivity index (χ4v) is 3.14. The lowest BCUT2D eigenvalue weighted by atomic mass is 9.97. The molecule has 1 aliphatic heterocycles. The fraction of sp³-hybridized carbons (Fsp3) is 0.500. The summed E-state index contributed by atoms with van der Waals surface area (Å²) in [6, 6.07) is 6.03. The Hall–Kier alpha value is -2.44. The molecule has 6 nitrogen and oxygen atoms in total. The molecule has 0 spiro atoms. The van der Waals surface area contributed by atoms with E-state index in [-0.39, 0.29) is 17.6 Å². The number of carbonyl (C=O) groups excluding carboxylic acids is 1. The lowest BCUT2D eigenvalue weighted by molar-refractivity contribution is -0.137. The number of aromatic nitrogens is 3. The van der Waals surface area contributed by atoms with E-state index in [0.29, 0.717) is 31.4 Å². The van der Waals surface area contributed by atoms with E-state index in [1.807, 2.05) is 11.8 Å². The molecule has 2 heterocycles. The molecule has 1 aliphatic rings. The smallest absolute Gasteiger partial charge is 0.227 e. The Morgan fingerprint density at radius 3 is 2.92 bits per heavy atom. The molecule has 1 amide bonds. The molecule has 0 aliphatic carbocycles. The standard InChI is InChI=1S/C18H23FN4O2/c1-14(9-23-13-20-12-21-23)18(24)22-8-2-3-15(10-22)11-25-17-6-4-16(19)5-7-17/h4-7,12-15H,2-3,8-11H2,1H3. The van der Waals surface area contributed by atoms with Crippen LogP contribution in [0, 0.1) is 17.7 Å². The van der Waals surface area contributed by atoms with Crippen LogP contribution in [0.5, 0.6) is 5.75 Å². The van der Waals surface area contributed by atoms with Gasteiger partial charge < -0.3 is 9.64 Å². The van der Waals surface area contributed by atoms with E-state index in [4.69, 9.17) is 4.74 Å². The summed E-state index contributed by atoms with van der Waals surface area (Å²) in [5.41, 5.74) is 0. The van der Waals surface area contributed by atoms with Crippen molar-refractivity contribution in [1.29, 1.82) is 0 Å². The first-order valence-electron chi connectivity index (χ1n) is 8.61. The van der Waals surface area contributed by atoms with Crippen molar-refractivity contribution in [2.45, 2.75) is 26.3 Å². The second-order valence-electron chi connectivity index (χ2n) is 6.58. The van der Waals surface area contributed by atoms with Crippen molar-refractivity contribution in [3.63, 3.8) is 0 Å². The average Bonchev–Trinajstić information content (AvgIpc) is 3.14. The summed E-state index contributed by atoms with van der Waals surface area (Å²) >= 11 is 0. The van der Waals surface area contributed by atoms with Gasteiger partial charge in [-0.25, -0.2) is 9.37 Å². The minimum atomic E-state index is -0.275. The van der Waals surface area contributed by atoms with Crippen LogP contribution in [0.2, 0.25) is 0 Å².